The van der Waals surface area contributed by atoms with Crippen molar-refractivity contribution in [1.29, 1.82) is 0 Å². The summed E-state index contributed by atoms with van der Waals surface area (Å²) in [5, 5.41) is 0. The fraction of sp³-hybridized carbons (Fsp3) is 0.917. The Kier molecular flexibility index (Phi) is 3.71. The van der Waals surface area contributed by atoms with E-state index in [1.807, 2.05) is 27.7 Å². The molecule has 0 spiro atoms. The highest BCUT2D eigenvalue weighted by Gasteiger charge is 2.33. The summed E-state index contributed by atoms with van der Waals surface area (Å²) in [5.41, 5.74) is -0.170. The summed E-state index contributed by atoms with van der Waals surface area (Å²) in [7, 11) is 0. The van der Waals surface area contributed by atoms with Crippen LogP contribution in [0.3, 0.4) is 0 Å². The fourth-order valence-corrected chi connectivity index (χ4v) is 1.78. The predicted molar refractivity (Wildman–Crippen MR) is 57.2 cm³/mol. The third kappa shape index (κ3) is 3.09. The molecule has 1 saturated carbocycles. The first-order chi connectivity index (χ1) is 6.43. The van der Waals surface area contributed by atoms with Gasteiger partial charge in [-0.1, -0.05) is 20.8 Å². The van der Waals surface area contributed by atoms with Crippen molar-refractivity contribution in [3.8, 4) is 0 Å². The summed E-state index contributed by atoms with van der Waals surface area (Å²) in [4.78, 5) is 11.7. The summed E-state index contributed by atoms with van der Waals surface area (Å²) in [6.07, 6.45) is 3.33. The molecular weight excluding hydrogens is 176 g/mol. The van der Waals surface area contributed by atoms with Crippen LogP contribution in [0.25, 0.3) is 0 Å². The third-order valence-electron chi connectivity index (χ3n) is 2.91. The van der Waals surface area contributed by atoms with Gasteiger partial charge >= 0.3 is 0 Å². The molecule has 2 nitrogen and oxygen atoms in total. The van der Waals surface area contributed by atoms with Gasteiger partial charge in [0.2, 0.25) is 0 Å². The van der Waals surface area contributed by atoms with E-state index in [1.165, 1.54) is 0 Å². The molecule has 1 fully saturated rings. The van der Waals surface area contributed by atoms with Gasteiger partial charge in [-0.2, -0.15) is 0 Å². The van der Waals surface area contributed by atoms with Gasteiger partial charge in [0.25, 0.3) is 0 Å². The van der Waals surface area contributed by atoms with Gasteiger partial charge in [0.15, 0.2) is 0 Å². The maximum atomic E-state index is 11.7. The maximum Gasteiger partial charge on any atom is 0.138 e. The molecule has 2 heteroatoms. The molecule has 0 aromatic rings. The van der Waals surface area contributed by atoms with Gasteiger partial charge in [-0.25, -0.2) is 0 Å². The lowest BCUT2D eigenvalue weighted by molar-refractivity contribution is -0.129. The van der Waals surface area contributed by atoms with Crippen LogP contribution in [0.1, 0.15) is 47.0 Å². The van der Waals surface area contributed by atoms with Crippen molar-refractivity contribution < 1.29 is 9.53 Å². The van der Waals surface area contributed by atoms with Crippen molar-refractivity contribution in [2.45, 2.75) is 53.1 Å². The highest BCUT2D eigenvalue weighted by molar-refractivity contribution is 5.83. The topological polar surface area (TPSA) is 26.3 Å². The van der Waals surface area contributed by atoms with Crippen LogP contribution in [0.15, 0.2) is 0 Å². The number of carbonyl (C=O) groups is 1. The average Bonchev–Trinajstić information content (AvgIpc) is 1.98. The normalized spacial score (nSPS) is 27.1. The summed E-state index contributed by atoms with van der Waals surface area (Å²) in [6.45, 7) is 8.80. The molecule has 1 aliphatic carbocycles. The lowest BCUT2D eigenvalue weighted by Gasteiger charge is -2.35. The summed E-state index contributed by atoms with van der Waals surface area (Å²) >= 11 is 0. The molecule has 0 aromatic carbocycles. The van der Waals surface area contributed by atoms with Crippen molar-refractivity contribution >= 4 is 5.78 Å². The van der Waals surface area contributed by atoms with E-state index in [2.05, 4.69) is 0 Å². The Morgan fingerprint density at radius 2 is 1.93 bits per heavy atom. The van der Waals surface area contributed by atoms with Crippen molar-refractivity contribution in [3.63, 3.8) is 0 Å². The minimum Gasteiger partial charge on any atom is -0.378 e. The molecule has 0 aromatic heterocycles. The summed E-state index contributed by atoms with van der Waals surface area (Å²) in [5.74, 6) is 0.968. The van der Waals surface area contributed by atoms with E-state index in [0.717, 1.165) is 25.9 Å². The number of rotatable bonds is 4. The molecule has 82 valence electrons. The van der Waals surface area contributed by atoms with Crippen molar-refractivity contribution in [2.75, 3.05) is 6.61 Å². The first-order valence-electron chi connectivity index (χ1n) is 5.58. The van der Waals surface area contributed by atoms with E-state index in [0.29, 0.717) is 17.8 Å². The second-order valence-electron chi connectivity index (χ2n) is 5.29. The fourth-order valence-electron chi connectivity index (χ4n) is 1.78. The molecule has 0 radical (unpaired) electrons. The standard InChI is InChI=1S/C12H22O2/c1-5-14-10-6-9(7-10)8-11(13)12(2,3)4/h9-10H,5-8H2,1-4H3. The van der Waals surface area contributed by atoms with Gasteiger partial charge in [0.1, 0.15) is 5.78 Å². The van der Waals surface area contributed by atoms with Crippen LogP contribution < -0.4 is 0 Å². The SMILES string of the molecule is CCOC1CC(CC(=O)C(C)(C)C)C1. The number of ether oxygens (including phenoxy) is 1. The van der Waals surface area contributed by atoms with Gasteiger partial charge < -0.3 is 4.74 Å². The Bertz CT molecular complexity index is 197. The zero-order chi connectivity index (χ0) is 10.8. The van der Waals surface area contributed by atoms with E-state index in [1.54, 1.807) is 0 Å². The number of hydrogen-bond donors (Lipinski definition) is 0. The molecular formula is C12H22O2. The molecule has 0 unspecified atom stereocenters. The van der Waals surface area contributed by atoms with Crippen molar-refractivity contribution in [1.82, 2.24) is 0 Å². The van der Waals surface area contributed by atoms with Gasteiger partial charge in [0, 0.05) is 18.4 Å². The molecule has 0 N–H and O–H groups in total. The van der Waals surface area contributed by atoms with Gasteiger partial charge in [-0.3, -0.25) is 4.79 Å². The van der Waals surface area contributed by atoms with Crippen molar-refractivity contribution in [2.24, 2.45) is 11.3 Å². The largest absolute Gasteiger partial charge is 0.378 e. The van der Waals surface area contributed by atoms with E-state index >= 15 is 0 Å². The van der Waals surface area contributed by atoms with Crippen LogP contribution >= 0.6 is 0 Å². The highest BCUT2D eigenvalue weighted by atomic mass is 16.5. The Labute approximate surface area is 87.0 Å². The van der Waals surface area contributed by atoms with Crippen molar-refractivity contribution in [3.05, 3.63) is 0 Å². The Morgan fingerprint density at radius 3 is 2.36 bits per heavy atom. The van der Waals surface area contributed by atoms with Crippen LogP contribution in [0.5, 0.6) is 0 Å². The first kappa shape index (κ1) is 11.7. The first-order valence-corrected chi connectivity index (χ1v) is 5.58. The van der Waals surface area contributed by atoms with Gasteiger partial charge in [0.05, 0.1) is 6.10 Å². The molecule has 0 atom stereocenters. The van der Waals surface area contributed by atoms with Gasteiger partial charge in [-0.05, 0) is 25.7 Å². The lowest BCUT2D eigenvalue weighted by Crippen LogP contribution is -2.35. The van der Waals surface area contributed by atoms with E-state index in [4.69, 9.17) is 4.74 Å². The van der Waals surface area contributed by atoms with Crippen LogP contribution in [-0.2, 0) is 9.53 Å². The number of hydrogen-bond acceptors (Lipinski definition) is 2. The van der Waals surface area contributed by atoms with Crippen LogP contribution in [0, 0.1) is 11.3 Å². The Morgan fingerprint density at radius 1 is 1.36 bits per heavy atom. The second-order valence-corrected chi connectivity index (χ2v) is 5.29. The molecule has 0 heterocycles. The van der Waals surface area contributed by atoms with Crippen LogP contribution in [-0.4, -0.2) is 18.5 Å². The highest BCUT2D eigenvalue weighted by Crippen LogP contribution is 2.34. The second kappa shape index (κ2) is 4.43. The quantitative estimate of drug-likeness (QED) is 0.694. The zero-order valence-electron chi connectivity index (χ0n) is 9.80. The molecule has 0 saturated heterocycles. The third-order valence-corrected chi connectivity index (χ3v) is 2.91. The van der Waals surface area contributed by atoms with Crippen LogP contribution in [0.2, 0.25) is 0 Å². The molecule has 0 amide bonds. The Hall–Kier alpha value is -0.370. The average molecular weight is 198 g/mol. The number of ketones is 1. The molecule has 1 rings (SSSR count). The van der Waals surface area contributed by atoms with E-state index < -0.39 is 0 Å². The predicted octanol–water partition coefficient (Wildman–Crippen LogP) is 2.81. The smallest absolute Gasteiger partial charge is 0.138 e. The number of carbonyl (C=O) groups excluding carboxylic acids is 1. The summed E-state index contributed by atoms with van der Waals surface area (Å²) < 4.78 is 5.46. The van der Waals surface area contributed by atoms with Crippen LogP contribution in [0.4, 0.5) is 0 Å². The minimum absolute atomic E-state index is 0.170. The lowest BCUT2D eigenvalue weighted by atomic mass is 9.75. The minimum atomic E-state index is -0.170. The van der Waals surface area contributed by atoms with E-state index in [-0.39, 0.29) is 5.41 Å². The van der Waals surface area contributed by atoms with E-state index in [9.17, 15) is 4.79 Å². The molecule has 0 bridgehead atoms. The molecule has 1 aliphatic rings. The molecule has 14 heavy (non-hydrogen) atoms. The monoisotopic (exact) mass is 198 g/mol. The Balaban J connectivity index is 2.20. The molecule has 0 aliphatic heterocycles. The maximum absolute atomic E-state index is 11.7. The summed E-state index contributed by atoms with van der Waals surface area (Å²) in [6, 6.07) is 0. The zero-order valence-corrected chi connectivity index (χ0v) is 9.80. The van der Waals surface area contributed by atoms with Gasteiger partial charge in [-0.15, -0.1) is 0 Å². The number of Topliss-reactive ketones (excluding diaryl/α,β-unsaturated/α-hetero) is 1.